The minimum atomic E-state index is -0.120. The Bertz CT molecular complexity index is 823. The van der Waals surface area contributed by atoms with E-state index < -0.39 is 0 Å². The average Bonchev–Trinajstić information content (AvgIpc) is 3.25. The Labute approximate surface area is 165 Å². The molecular weight excluding hydrogens is 356 g/mol. The zero-order valence-corrected chi connectivity index (χ0v) is 16.0. The Hall–Kier alpha value is -3.04. The van der Waals surface area contributed by atoms with Gasteiger partial charge in [-0.1, -0.05) is 18.2 Å². The number of rotatable bonds is 8. The van der Waals surface area contributed by atoms with Crippen molar-refractivity contribution in [2.75, 3.05) is 26.9 Å². The minimum Gasteiger partial charge on any atom is -0.496 e. The van der Waals surface area contributed by atoms with Crippen molar-refractivity contribution < 1.29 is 19.0 Å². The van der Waals surface area contributed by atoms with Crippen LogP contribution in [0.15, 0.2) is 48.5 Å². The molecule has 2 aromatic carbocycles. The number of carbonyl (C=O) groups is 1. The first-order chi connectivity index (χ1) is 13.7. The van der Waals surface area contributed by atoms with Crippen molar-refractivity contribution in [1.82, 2.24) is 4.90 Å². The summed E-state index contributed by atoms with van der Waals surface area (Å²) in [6.45, 7) is 1.61. The van der Waals surface area contributed by atoms with Gasteiger partial charge in [0.2, 0.25) is 0 Å². The molecule has 1 amide bonds. The Morgan fingerprint density at radius 2 is 2.04 bits per heavy atom. The van der Waals surface area contributed by atoms with Gasteiger partial charge >= 0.3 is 0 Å². The zero-order valence-electron chi connectivity index (χ0n) is 16.0. The van der Waals surface area contributed by atoms with Gasteiger partial charge in [0.05, 0.1) is 24.8 Å². The van der Waals surface area contributed by atoms with Crippen molar-refractivity contribution in [3.05, 3.63) is 59.7 Å². The number of benzene rings is 2. The molecule has 146 valence electrons. The number of ether oxygens (including phenoxy) is 3. The van der Waals surface area contributed by atoms with Crippen LogP contribution in [0, 0.1) is 11.3 Å². The van der Waals surface area contributed by atoms with Crippen molar-refractivity contribution in [3.63, 3.8) is 0 Å². The quantitative estimate of drug-likeness (QED) is 0.703. The molecule has 1 fully saturated rings. The predicted molar refractivity (Wildman–Crippen MR) is 104 cm³/mol. The molecule has 1 aliphatic rings. The summed E-state index contributed by atoms with van der Waals surface area (Å²) in [7, 11) is 1.62. The molecule has 0 bridgehead atoms. The Balaban J connectivity index is 1.67. The molecule has 2 aromatic rings. The predicted octanol–water partition coefficient (Wildman–Crippen LogP) is 3.15. The van der Waals surface area contributed by atoms with Gasteiger partial charge in [0.15, 0.2) is 6.61 Å². The molecule has 0 aliphatic carbocycles. The van der Waals surface area contributed by atoms with Crippen LogP contribution in [0.3, 0.4) is 0 Å². The van der Waals surface area contributed by atoms with E-state index in [-0.39, 0.29) is 18.6 Å². The summed E-state index contributed by atoms with van der Waals surface area (Å²) < 4.78 is 16.8. The lowest BCUT2D eigenvalue weighted by Gasteiger charge is -2.26. The number of carbonyl (C=O) groups excluding carboxylic acids is 1. The molecule has 0 radical (unpaired) electrons. The van der Waals surface area contributed by atoms with Gasteiger partial charge in [-0.25, -0.2) is 0 Å². The van der Waals surface area contributed by atoms with Gasteiger partial charge in [-0.3, -0.25) is 4.79 Å². The molecule has 1 heterocycles. The Morgan fingerprint density at radius 1 is 1.25 bits per heavy atom. The third-order valence-corrected chi connectivity index (χ3v) is 4.70. The molecule has 1 unspecified atom stereocenters. The molecule has 6 nitrogen and oxygen atoms in total. The molecule has 0 saturated carbocycles. The number of hydrogen-bond donors (Lipinski definition) is 0. The van der Waals surface area contributed by atoms with E-state index in [0.717, 1.165) is 30.8 Å². The van der Waals surface area contributed by atoms with Gasteiger partial charge in [0, 0.05) is 25.3 Å². The maximum absolute atomic E-state index is 12.9. The molecule has 1 aliphatic heterocycles. The number of nitrogens with zero attached hydrogens (tertiary/aromatic N) is 2. The molecule has 6 heteroatoms. The van der Waals surface area contributed by atoms with Crippen LogP contribution >= 0.6 is 0 Å². The Morgan fingerprint density at radius 3 is 2.71 bits per heavy atom. The van der Waals surface area contributed by atoms with Crippen molar-refractivity contribution >= 4 is 5.91 Å². The van der Waals surface area contributed by atoms with E-state index in [1.807, 2.05) is 24.3 Å². The topological polar surface area (TPSA) is 71.8 Å². The zero-order chi connectivity index (χ0) is 19.8. The molecule has 28 heavy (non-hydrogen) atoms. The summed E-state index contributed by atoms with van der Waals surface area (Å²) in [5.74, 6) is 1.19. The van der Waals surface area contributed by atoms with E-state index in [4.69, 9.17) is 19.5 Å². The minimum absolute atomic E-state index is 0.0496. The number of para-hydroxylation sites is 1. The average molecular weight is 380 g/mol. The monoisotopic (exact) mass is 380 g/mol. The summed E-state index contributed by atoms with van der Waals surface area (Å²) in [5, 5.41) is 8.86. The van der Waals surface area contributed by atoms with Crippen molar-refractivity contribution in [3.8, 4) is 17.6 Å². The first-order valence-corrected chi connectivity index (χ1v) is 9.34. The SMILES string of the molecule is COc1ccccc1CN(CC1CCCO1)C(=O)COc1ccc(C#N)cc1. The van der Waals surface area contributed by atoms with Gasteiger partial charge in [0.1, 0.15) is 11.5 Å². The summed E-state index contributed by atoms with van der Waals surface area (Å²) in [6.07, 6.45) is 2.02. The number of nitriles is 1. The van der Waals surface area contributed by atoms with E-state index >= 15 is 0 Å². The van der Waals surface area contributed by atoms with Gasteiger partial charge in [-0.05, 0) is 43.2 Å². The van der Waals surface area contributed by atoms with Gasteiger partial charge in [-0.2, -0.15) is 5.26 Å². The number of methoxy groups -OCH3 is 1. The van der Waals surface area contributed by atoms with E-state index in [1.165, 1.54) is 0 Å². The third-order valence-electron chi connectivity index (χ3n) is 4.70. The van der Waals surface area contributed by atoms with Gasteiger partial charge < -0.3 is 19.1 Å². The van der Waals surface area contributed by atoms with Crippen molar-refractivity contribution in [1.29, 1.82) is 5.26 Å². The van der Waals surface area contributed by atoms with Crippen LogP contribution in [-0.2, 0) is 16.1 Å². The lowest BCUT2D eigenvalue weighted by atomic mass is 10.1. The fourth-order valence-electron chi connectivity index (χ4n) is 3.19. The van der Waals surface area contributed by atoms with Crippen molar-refractivity contribution in [2.24, 2.45) is 0 Å². The fourth-order valence-corrected chi connectivity index (χ4v) is 3.19. The van der Waals surface area contributed by atoms with Crippen LogP contribution in [0.1, 0.15) is 24.0 Å². The van der Waals surface area contributed by atoms with Crippen molar-refractivity contribution in [2.45, 2.75) is 25.5 Å². The number of amides is 1. The van der Waals surface area contributed by atoms with Gasteiger partial charge in [-0.15, -0.1) is 0 Å². The fraction of sp³-hybridized carbons (Fsp3) is 0.364. The van der Waals surface area contributed by atoms with Crippen LogP contribution in [0.4, 0.5) is 0 Å². The summed E-state index contributed by atoms with van der Waals surface area (Å²) in [4.78, 5) is 14.6. The normalized spacial score (nSPS) is 15.6. The molecule has 0 spiro atoms. The highest BCUT2D eigenvalue weighted by atomic mass is 16.5. The maximum atomic E-state index is 12.9. The highest BCUT2D eigenvalue weighted by Crippen LogP contribution is 2.21. The van der Waals surface area contributed by atoms with E-state index in [9.17, 15) is 4.79 Å². The van der Waals surface area contributed by atoms with Crippen LogP contribution in [0.25, 0.3) is 0 Å². The second-order valence-electron chi connectivity index (χ2n) is 6.65. The maximum Gasteiger partial charge on any atom is 0.260 e. The number of hydrogen-bond acceptors (Lipinski definition) is 5. The summed E-state index contributed by atoms with van der Waals surface area (Å²) >= 11 is 0. The van der Waals surface area contributed by atoms with Gasteiger partial charge in [0.25, 0.3) is 5.91 Å². The van der Waals surface area contributed by atoms with E-state index in [2.05, 4.69) is 6.07 Å². The van der Waals surface area contributed by atoms with Crippen LogP contribution < -0.4 is 9.47 Å². The molecule has 0 N–H and O–H groups in total. The molecule has 1 saturated heterocycles. The first kappa shape index (κ1) is 19.7. The molecule has 1 atom stereocenters. The summed E-state index contributed by atoms with van der Waals surface area (Å²) in [5.41, 5.74) is 1.49. The lowest BCUT2D eigenvalue weighted by molar-refractivity contribution is -0.135. The standard InChI is InChI=1S/C22H24N2O4/c1-26-21-7-3-2-5-18(21)14-24(15-20-6-4-12-27-20)22(25)16-28-19-10-8-17(13-23)9-11-19/h2-3,5,7-11,20H,4,6,12,14-16H2,1H3. The lowest BCUT2D eigenvalue weighted by Crippen LogP contribution is -2.39. The molecular formula is C22H24N2O4. The van der Waals surface area contributed by atoms with E-state index in [1.54, 1.807) is 36.3 Å². The second kappa shape index (κ2) is 9.77. The van der Waals surface area contributed by atoms with E-state index in [0.29, 0.717) is 24.4 Å². The third kappa shape index (κ3) is 5.24. The van der Waals surface area contributed by atoms with Crippen LogP contribution in [0.5, 0.6) is 11.5 Å². The first-order valence-electron chi connectivity index (χ1n) is 9.34. The largest absolute Gasteiger partial charge is 0.496 e. The highest BCUT2D eigenvalue weighted by Gasteiger charge is 2.24. The molecule has 0 aromatic heterocycles. The molecule has 3 rings (SSSR count). The van der Waals surface area contributed by atoms with Crippen LogP contribution in [0.2, 0.25) is 0 Å². The highest BCUT2D eigenvalue weighted by molar-refractivity contribution is 5.78. The second-order valence-corrected chi connectivity index (χ2v) is 6.65. The smallest absolute Gasteiger partial charge is 0.260 e. The van der Waals surface area contributed by atoms with Crippen LogP contribution in [-0.4, -0.2) is 43.8 Å². The summed E-state index contributed by atoms with van der Waals surface area (Å²) in [6, 6.07) is 16.4. The Kier molecular flexibility index (Phi) is 6.88.